The summed E-state index contributed by atoms with van der Waals surface area (Å²) in [6.07, 6.45) is 0. The number of benzene rings is 2. The number of hydrogen-bond donors (Lipinski definition) is 1. The molecule has 0 saturated heterocycles. The zero-order valence-corrected chi connectivity index (χ0v) is 15.7. The normalized spacial score (nSPS) is 12.6. The third-order valence-electron chi connectivity index (χ3n) is 3.31. The highest BCUT2D eigenvalue weighted by Gasteiger charge is 2.23. The molecular weight excluding hydrogens is 394 g/mol. The van der Waals surface area contributed by atoms with Crippen LogP contribution in [0.5, 0.6) is 0 Å². The molecule has 0 unspecified atom stereocenters. The lowest BCUT2D eigenvalue weighted by Crippen LogP contribution is -2.39. The standard InChI is InChI=1S/C17H18BrNO4S/c1-12-3-9-16(10-4-12)24(21,22)19-13(2)17(20)23-11-14-5-7-15(18)8-6-14/h3-10,13,19H,11H2,1-2H3/t13-/m0/s1. The molecule has 24 heavy (non-hydrogen) atoms. The van der Waals surface area contributed by atoms with Gasteiger partial charge in [0, 0.05) is 4.47 Å². The molecule has 0 heterocycles. The Balaban J connectivity index is 1.95. The predicted octanol–water partition coefficient (Wildman–Crippen LogP) is 3.17. The van der Waals surface area contributed by atoms with E-state index in [1.807, 2.05) is 31.2 Å². The van der Waals surface area contributed by atoms with Crippen LogP contribution in [-0.2, 0) is 26.2 Å². The van der Waals surface area contributed by atoms with E-state index < -0.39 is 22.0 Å². The van der Waals surface area contributed by atoms with Gasteiger partial charge in [-0.15, -0.1) is 0 Å². The minimum atomic E-state index is -3.77. The molecule has 0 aliphatic rings. The van der Waals surface area contributed by atoms with Gasteiger partial charge in [-0.1, -0.05) is 45.8 Å². The molecule has 0 aliphatic carbocycles. The lowest BCUT2D eigenvalue weighted by atomic mass is 10.2. The Morgan fingerprint density at radius 1 is 1.12 bits per heavy atom. The number of esters is 1. The minimum absolute atomic E-state index is 0.0860. The van der Waals surface area contributed by atoms with E-state index in [9.17, 15) is 13.2 Å². The van der Waals surface area contributed by atoms with Gasteiger partial charge < -0.3 is 4.74 Å². The van der Waals surface area contributed by atoms with Crippen LogP contribution in [0.4, 0.5) is 0 Å². The van der Waals surface area contributed by atoms with Crippen molar-refractivity contribution < 1.29 is 17.9 Å². The van der Waals surface area contributed by atoms with E-state index in [1.54, 1.807) is 12.1 Å². The van der Waals surface area contributed by atoms with Crippen molar-refractivity contribution in [1.82, 2.24) is 4.72 Å². The van der Waals surface area contributed by atoms with Crippen molar-refractivity contribution in [1.29, 1.82) is 0 Å². The maximum atomic E-state index is 12.2. The number of sulfonamides is 1. The molecule has 0 radical (unpaired) electrons. The largest absolute Gasteiger partial charge is 0.460 e. The Labute approximate surface area is 150 Å². The third kappa shape index (κ3) is 5.15. The predicted molar refractivity (Wildman–Crippen MR) is 94.9 cm³/mol. The smallest absolute Gasteiger partial charge is 0.324 e. The second kappa shape index (κ2) is 7.92. The Morgan fingerprint density at radius 3 is 2.29 bits per heavy atom. The molecule has 0 spiro atoms. The van der Waals surface area contributed by atoms with Crippen molar-refractivity contribution in [3.63, 3.8) is 0 Å². The van der Waals surface area contributed by atoms with Crippen molar-refractivity contribution in [2.45, 2.75) is 31.4 Å². The van der Waals surface area contributed by atoms with Gasteiger partial charge in [0.1, 0.15) is 12.6 Å². The van der Waals surface area contributed by atoms with Gasteiger partial charge in [0.05, 0.1) is 4.90 Å². The number of aryl methyl sites for hydroxylation is 1. The molecule has 7 heteroatoms. The van der Waals surface area contributed by atoms with Crippen LogP contribution >= 0.6 is 15.9 Å². The Bertz CT molecular complexity index is 801. The molecule has 2 aromatic carbocycles. The molecule has 0 amide bonds. The zero-order chi connectivity index (χ0) is 17.7. The van der Waals surface area contributed by atoms with E-state index in [1.165, 1.54) is 19.1 Å². The fraction of sp³-hybridized carbons (Fsp3) is 0.235. The zero-order valence-electron chi connectivity index (χ0n) is 13.3. The van der Waals surface area contributed by atoms with Gasteiger partial charge in [0.25, 0.3) is 0 Å². The lowest BCUT2D eigenvalue weighted by Gasteiger charge is -2.14. The molecule has 2 rings (SSSR count). The van der Waals surface area contributed by atoms with Crippen molar-refractivity contribution >= 4 is 31.9 Å². The quantitative estimate of drug-likeness (QED) is 0.740. The molecule has 0 fully saturated rings. The summed E-state index contributed by atoms with van der Waals surface area (Å²) in [7, 11) is -3.77. The van der Waals surface area contributed by atoms with Crippen LogP contribution in [0, 0.1) is 6.92 Å². The summed E-state index contributed by atoms with van der Waals surface area (Å²) in [5, 5.41) is 0. The SMILES string of the molecule is Cc1ccc(S(=O)(=O)N[C@@H](C)C(=O)OCc2ccc(Br)cc2)cc1. The number of hydrogen-bond acceptors (Lipinski definition) is 4. The first-order valence-electron chi connectivity index (χ1n) is 7.28. The van der Waals surface area contributed by atoms with E-state index in [2.05, 4.69) is 20.7 Å². The maximum Gasteiger partial charge on any atom is 0.324 e. The summed E-state index contributed by atoms with van der Waals surface area (Å²) in [5.74, 6) is -0.631. The maximum absolute atomic E-state index is 12.2. The van der Waals surface area contributed by atoms with E-state index in [-0.39, 0.29) is 11.5 Å². The first kappa shape index (κ1) is 18.6. The molecule has 1 atom stereocenters. The highest BCUT2D eigenvalue weighted by Crippen LogP contribution is 2.13. The summed E-state index contributed by atoms with van der Waals surface area (Å²) >= 11 is 3.32. The molecular formula is C17H18BrNO4S. The average molecular weight is 412 g/mol. The number of ether oxygens (including phenoxy) is 1. The first-order chi connectivity index (χ1) is 11.3. The van der Waals surface area contributed by atoms with E-state index in [0.717, 1.165) is 15.6 Å². The van der Waals surface area contributed by atoms with Crippen molar-refractivity contribution in [3.8, 4) is 0 Å². The van der Waals surface area contributed by atoms with Crippen LogP contribution in [0.15, 0.2) is 57.9 Å². The van der Waals surface area contributed by atoms with Crippen molar-refractivity contribution in [3.05, 3.63) is 64.1 Å². The van der Waals surface area contributed by atoms with Crippen LogP contribution in [0.2, 0.25) is 0 Å². The molecule has 5 nitrogen and oxygen atoms in total. The van der Waals surface area contributed by atoms with Crippen LogP contribution in [0.25, 0.3) is 0 Å². The minimum Gasteiger partial charge on any atom is -0.460 e. The van der Waals surface area contributed by atoms with Gasteiger partial charge in [-0.2, -0.15) is 4.72 Å². The van der Waals surface area contributed by atoms with E-state index >= 15 is 0 Å². The van der Waals surface area contributed by atoms with Crippen molar-refractivity contribution in [2.24, 2.45) is 0 Å². The molecule has 128 valence electrons. The van der Waals surface area contributed by atoms with Gasteiger partial charge in [-0.3, -0.25) is 4.79 Å². The second-order valence-electron chi connectivity index (χ2n) is 5.39. The number of carbonyl (C=O) groups is 1. The summed E-state index contributed by atoms with van der Waals surface area (Å²) in [4.78, 5) is 12.1. The molecule has 0 bridgehead atoms. The molecule has 1 N–H and O–H groups in total. The topological polar surface area (TPSA) is 72.5 Å². The highest BCUT2D eigenvalue weighted by atomic mass is 79.9. The van der Waals surface area contributed by atoms with Crippen molar-refractivity contribution in [2.75, 3.05) is 0 Å². The van der Waals surface area contributed by atoms with Crippen LogP contribution < -0.4 is 4.72 Å². The Hall–Kier alpha value is -1.70. The second-order valence-corrected chi connectivity index (χ2v) is 8.02. The highest BCUT2D eigenvalue weighted by molar-refractivity contribution is 9.10. The molecule has 0 aliphatic heterocycles. The van der Waals surface area contributed by atoms with E-state index in [0.29, 0.717) is 0 Å². The first-order valence-corrected chi connectivity index (χ1v) is 9.55. The van der Waals surface area contributed by atoms with Gasteiger partial charge in [0.2, 0.25) is 10.0 Å². The molecule has 0 saturated carbocycles. The average Bonchev–Trinajstić information content (AvgIpc) is 2.54. The number of halogens is 1. The lowest BCUT2D eigenvalue weighted by molar-refractivity contribution is -0.146. The molecule has 2 aromatic rings. The summed E-state index contributed by atoms with van der Waals surface area (Å²) in [5.41, 5.74) is 1.77. The third-order valence-corrected chi connectivity index (χ3v) is 5.40. The van der Waals surface area contributed by atoms with Gasteiger partial charge in [-0.25, -0.2) is 8.42 Å². The van der Waals surface area contributed by atoms with Gasteiger partial charge >= 0.3 is 5.97 Å². The van der Waals surface area contributed by atoms with Crippen LogP contribution in [0.1, 0.15) is 18.1 Å². The Morgan fingerprint density at radius 2 is 1.71 bits per heavy atom. The van der Waals surface area contributed by atoms with Gasteiger partial charge in [0.15, 0.2) is 0 Å². The monoisotopic (exact) mass is 411 g/mol. The Kier molecular flexibility index (Phi) is 6.15. The number of rotatable bonds is 6. The summed E-state index contributed by atoms with van der Waals surface area (Å²) < 4.78 is 32.9. The van der Waals surface area contributed by atoms with E-state index in [4.69, 9.17) is 4.74 Å². The number of nitrogens with one attached hydrogen (secondary N) is 1. The summed E-state index contributed by atoms with van der Waals surface area (Å²) in [6.45, 7) is 3.41. The number of carbonyl (C=O) groups excluding carboxylic acids is 1. The van der Waals surface area contributed by atoms with Gasteiger partial charge in [-0.05, 0) is 43.7 Å². The van der Waals surface area contributed by atoms with Crippen LogP contribution in [-0.4, -0.2) is 20.4 Å². The fourth-order valence-electron chi connectivity index (χ4n) is 1.93. The van der Waals surface area contributed by atoms with Crippen LogP contribution in [0.3, 0.4) is 0 Å². The summed E-state index contributed by atoms with van der Waals surface area (Å²) in [6, 6.07) is 12.7. The molecule has 0 aromatic heterocycles. The fourth-order valence-corrected chi connectivity index (χ4v) is 3.38.